The number of halogens is 1. The highest BCUT2D eigenvalue weighted by molar-refractivity contribution is 6.11. The van der Waals surface area contributed by atoms with E-state index in [-0.39, 0.29) is 11.3 Å². The predicted octanol–water partition coefficient (Wildman–Crippen LogP) is 4.20. The van der Waals surface area contributed by atoms with E-state index in [2.05, 4.69) is 16.9 Å². The molecule has 138 valence electrons. The molecule has 0 bridgehead atoms. The summed E-state index contributed by atoms with van der Waals surface area (Å²) in [6.07, 6.45) is 0. The SMILES string of the molecule is C=C(C)C(=O)Nc1cccc(-c2ccc(C(N)=O)c3[nH]c(C)c(C)c23)c1F. The molecular formula is C21H20FN3O2. The summed E-state index contributed by atoms with van der Waals surface area (Å²) in [6, 6.07) is 8.03. The summed E-state index contributed by atoms with van der Waals surface area (Å²) < 4.78 is 15.2. The molecule has 0 fully saturated rings. The van der Waals surface area contributed by atoms with Gasteiger partial charge in [0, 0.05) is 22.2 Å². The summed E-state index contributed by atoms with van der Waals surface area (Å²) in [5, 5.41) is 3.25. The van der Waals surface area contributed by atoms with Crippen LogP contribution in [0.3, 0.4) is 0 Å². The highest BCUT2D eigenvalue weighted by atomic mass is 19.1. The van der Waals surface area contributed by atoms with Crippen LogP contribution in [0.5, 0.6) is 0 Å². The minimum atomic E-state index is -0.559. The average Bonchev–Trinajstić information content (AvgIpc) is 2.91. The van der Waals surface area contributed by atoms with E-state index in [1.54, 1.807) is 31.2 Å². The number of hydrogen-bond donors (Lipinski definition) is 3. The molecule has 1 aromatic heterocycles. The Morgan fingerprint density at radius 1 is 1.15 bits per heavy atom. The molecule has 0 aliphatic heterocycles. The van der Waals surface area contributed by atoms with Gasteiger partial charge in [-0.3, -0.25) is 9.59 Å². The van der Waals surface area contributed by atoms with Crippen molar-refractivity contribution in [2.45, 2.75) is 20.8 Å². The number of hydrogen-bond acceptors (Lipinski definition) is 2. The number of carbonyl (C=O) groups excluding carboxylic acids is 2. The lowest BCUT2D eigenvalue weighted by molar-refractivity contribution is -0.112. The Balaban J connectivity index is 2.25. The van der Waals surface area contributed by atoms with Crippen molar-refractivity contribution in [2.75, 3.05) is 5.32 Å². The monoisotopic (exact) mass is 365 g/mol. The van der Waals surface area contributed by atoms with E-state index in [1.807, 2.05) is 13.8 Å². The molecule has 0 atom stereocenters. The topological polar surface area (TPSA) is 88.0 Å². The normalized spacial score (nSPS) is 10.8. The van der Waals surface area contributed by atoms with E-state index in [1.165, 1.54) is 6.07 Å². The maximum atomic E-state index is 15.2. The zero-order chi connectivity index (χ0) is 19.9. The molecule has 0 unspecified atom stereocenters. The van der Waals surface area contributed by atoms with Crippen LogP contribution in [-0.4, -0.2) is 16.8 Å². The van der Waals surface area contributed by atoms with Crippen LogP contribution in [0.2, 0.25) is 0 Å². The number of nitrogens with one attached hydrogen (secondary N) is 2. The van der Waals surface area contributed by atoms with Crippen molar-refractivity contribution in [3.63, 3.8) is 0 Å². The predicted molar refractivity (Wildman–Crippen MR) is 105 cm³/mol. The first-order valence-electron chi connectivity index (χ1n) is 8.39. The smallest absolute Gasteiger partial charge is 0.250 e. The number of H-pyrrole nitrogens is 1. The molecule has 27 heavy (non-hydrogen) atoms. The van der Waals surface area contributed by atoms with Crippen LogP contribution in [-0.2, 0) is 4.79 Å². The molecule has 0 radical (unpaired) electrons. The molecule has 1 heterocycles. The standard InChI is InChI=1S/C21H20FN3O2/c1-10(2)21(27)25-16-7-5-6-14(18(16)22)13-8-9-15(20(23)26)19-17(13)11(3)12(4)24-19/h5-9,24H,1H2,2-4H3,(H2,23,26)(H,25,27). The average molecular weight is 365 g/mol. The van der Waals surface area contributed by atoms with Gasteiger partial charge in [0.1, 0.15) is 0 Å². The molecule has 0 aliphatic rings. The Labute approximate surface area is 156 Å². The van der Waals surface area contributed by atoms with Gasteiger partial charge in [-0.15, -0.1) is 0 Å². The van der Waals surface area contributed by atoms with E-state index >= 15 is 4.39 Å². The van der Waals surface area contributed by atoms with Crippen molar-refractivity contribution in [1.29, 1.82) is 0 Å². The quantitative estimate of drug-likeness (QED) is 0.605. The summed E-state index contributed by atoms with van der Waals surface area (Å²) in [5.41, 5.74) is 9.44. The molecule has 0 spiro atoms. The van der Waals surface area contributed by atoms with Crippen molar-refractivity contribution in [1.82, 2.24) is 4.98 Å². The number of aromatic nitrogens is 1. The van der Waals surface area contributed by atoms with Crippen LogP contribution >= 0.6 is 0 Å². The summed E-state index contributed by atoms with van der Waals surface area (Å²) in [5.74, 6) is -1.57. The number of aryl methyl sites for hydroxylation is 2. The summed E-state index contributed by atoms with van der Waals surface area (Å²) in [6.45, 7) is 8.89. The molecule has 5 nitrogen and oxygen atoms in total. The Morgan fingerprint density at radius 2 is 1.85 bits per heavy atom. The fraction of sp³-hybridized carbons (Fsp3) is 0.143. The molecule has 6 heteroatoms. The number of primary amides is 1. The van der Waals surface area contributed by atoms with Gasteiger partial charge in [0.25, 0.3) is 11.8 Å². The number of carbonyl (C=O) groups is 2. The molecule has 0 saturated carbocycles. The first-order valence-corrected chi connectivity index (χ1v) is 8.39. The summed E-state index contributed by atoms with van der Waals surface area (Å²) in [7, 11) is 0. The van der Waals surface area contributed by atoms with E-state index in [0.29, 0.717) is 22.2 Å². The van der Waals surface area contributed by atoms with Crippen LogP contribution in [0.25, 0.3) is 22.0 Å². The Bertz CT molecular complexity index is 1110. The van der Waals surface area contributed by atoms with Gasteiger partial charge in [-0.1, -0.05) is 24.8 Å². The Morgan fingerprint density at radius 3 is 2.48 bits per heavy atom. The third-order valence-electron chi connectivity index (χ3n) is 4.65. The second kappa shape index (κ2) is 6.72. The Kier molecular flexibility index (Phi) is 4.57. The third kappa shape index (κ3) is 3.10. The maximum absolute atomic E-state index is 15.2. The maximum Gasteiger partial charge on any atom is 0.250 e. The van der Waals surface area contributed by atoms with E-state index < -0.39 is 17.6 Å². The second-order valence-corrected chi connectivity index (χ2v) is 6.55. The number of anilines is 1. The van der Waals surface area contributed by atoms with Gasteiger partial charge in [0.2, 0.25) is 0 Å². The first-order chi connectivity index (χ1) is 12.7. The highest BCUT2D eigenvalue weighted by Gasteiger charge is 2.20. The first kappa shape index (κ1) is 18.4. The summed E-state index contributed by atoms with van der Waals surface area (Å²) >= 11 is 0. The number of aromatic amines is 1. The molecule has 0 aliphatic carbocycles. The van der Waals surface area contributed by atoms with Crippen LogP contribution in [0.4, 0.5) is 10.1 Å². The molecule has 2 amide bonds. The number of amides is 2. The molecule has 3 aromatic rings. The van der Waals surface area contributed by atoms with Gasteiger partial charge in [-0.05, 0) is 44.0 Å². The molecule has 2 aromatic carbocycles. The minimum absolute atomic E-state index is 0.0672. The summed E-state index contributed by atoms with van der Waals surface area (Å²) in [4.78, 5) is 26.8. The fourth-order valence-corrected chi connectivity index (χ4v) is 3.09. The van der Waals surface area contributed by atoms with Crippen LogP contribution in [0.1, 0.15) is 28.5 Å². The van der Waals surface area contributed by atoms with E-state index in [4.69, 9.17) is 5.73 Å². The van der Waals surface area contributed by atoms with Gasteiger partial charge >= 0.3 is 0 Å². The van der Waals surface area contributed by atoms with Crippen LogP contribution in [0.15, 0.2) is 42.5 Å². The molecule has 3 rings (SSSR count). The van der Waals surface area contributed by atoms with Crippen LogP contribution < -0.4 is 11.1 Å². The molecular weight excluding hydrogens is 345 g/mol. The molecule has 4 N–H and O–H groups in total. The van der Waals surface area contributed by atoms with Crippen molar-refractivity contribution in [2.24, 2.45) is 5.73 Å². The lowest BCUT2D eigenvalue weighted by Crippen LogP contribution is -2.13. The van der Waals surface area contributed by atoms with Gasteiger partial charge in [-0.2, -0.15) is 0 Å². The number of benzene rings is 2. The molecule has 0 saturated heterocycles. The lowest BCUT2D eigenvalue weighted by Gasteiger charge is -2.12. The number of rotatable bonds is 4. The zero-order valence-electron chi connectivity index (χ0n) is 15.4. The van der Waals surface area contributed by atoms with E-state index in [0.717, 1.165) is 16.6 Å². The van der Waals surface area contributed by atoms with Gasteiger partial charge in [0.15, 0.2) is 5.82 Å². The highest BCUT2D eigenvalue weighted by Crippen LogP contribution is 2.37. The van der Waals surface area contributed by atoms with Crippen molar-refractivity contribution in [3.05, 3.63) is 65.1 Å². The fourth-order valence-electron chi connectivity index (χ4n) is 3.09. The van der Waals surface area contributed by atoms with Gasteiger partial charge < -0.3 is 16.0 Å². The second-order valence-electron chi connectivity index (χ2n) is 6.55. The van der Waals surface area contributed by atoms with Crippen molar-refractivity contribution < 1.29 is 14.0 Å². The van der Waals surface area contributed by atoms with Crippen molar-refractivity contribution in [3.8, 4) is 11.1 Å². The van der Waals surface area contributed by atoms with Crippen LogP contribution in [0, 0.1) is 19.7 Å². The van der Waals surface area contributed by atoms with E-state index in [9.17, 15) is 9.59 Å². The lowest BCUT2D eigenvalue weighted by atomic mass is 9.95. The zero-order valence-corrected chi connectivity index (χ0v) is 15.4. The third-order valence-corrected chi connectivity index (χ3v) is 4.65. The number of fused-ring (bicyclic) bond motifs is 1. The van der Waals surface area contributed by atoms with Gasteiger partial charge in [0.05, 0.1) is 16.8 Å². The largest absolute Gasteiger partial charge is 0.366 e. The number of nitrogens with two attached hydrogens (primary N) is 1. The van der Waals surface area contributed by atoms with Crippen molar-refractivity contribution >= 4 is 28.4 Å². The Hall–Kier alpha value is -3.41. The minimum Gasteiger partial charge on any atom is -0.366 e. The van der Waals surface area contributed by atoms with Gasteiger partial charge in [-0.25, -0.2) is 4.39 Å².